The Labute approximate surface area is 536 Å². The largest absolute Gasteiger partial charge is 0.455 e. The maximum Gasteiger partial charge on any atom is 0.338 e. The second kappa shape index (κ2) is 22.9. The third kappa shape index (κ3) is 10.1. The van der Waals surface area contributed by atoms with Crippen LogP contribution in [0.2, 0.25) is 18.1 Å². The Morgan fingerprint density at radius 2 is 0.923 bits per heavy atom. The average Bonchev–Trinajstić information content (AvgIpc) is 1.61. The third-order valence-electron chi connectivity index (χ3n) is 24.2. The molecular formula is C70H98O20Si. The van der Waals surface area contributed by atoms with Crippen LogP contribution in [-0.2, 0) is 61.4 Å². The molecule has 2 aromatic rings. The van der Waals surface area contributed by atoms with E-state index in [-0.39, 0.29) is 38.0 Å². The van der Waals surface area contributed by atoms with Gasteiger partial charge in [-0.1, -0.05) is 98.7 Å². The smallest absolute Gasteiger partial charge is 0.338 e. The van der Waals surface area contributed by atoms with Crippen LogP contribution < -0.4 is 0 Å². The summed E-state index contributed by atoms with van der Waals surface area (Å²) in [4.78, 5) is 53.9. The fourth-order valence-corrected chi connectivity index (χ4v) is 22.0. The van der Waals surface area contributed by atoms with Gasteiger partial charge in [-0.3, -0.25) is 9.59 Å². The molecule has 0 radical (unpaired) electrons. The molecule has 20 nitrogen and oxygen atoms in total. The summed E-state index contributed by atoms with van der Waals surface area (Å²) in [5.41, 5.74) is -7.61. The highest BCUT2D eigenvalue weighted by atomic mass is 28.4. The second-order valence-electron chi connectivity index (χ2n) is 30.3. The van der Waals surface area contributed by atoms with Crippen LogP contribution in [0.3, 0.4) is 0 Å². The highest BCUT2D eigenvalue weighted by Gasteiger charge is 2.82. The van der Waals surface area contributed by atoms with Crippen molar-refractivity contribution in [2.75, 3.05) is 13.2 Å². The standard InChI is InChI=1S/C38H56O10Si.C32H42O10/c1-11-49(12-2,13-3)48-26-19-27-37(21-43-27,45-23(5)39)30-32(44-33(41)24-17-15-14-16-18-24)38(42)20-25(40)22(4)28(34(38,6)7)29-31(36(26,30)10)47-35(8,9)46-29;1-16-19(34)14-32(37)26(39-27(36)18-11-9-8-10-12-18)24-30(7,20(35)13-21-31(24,15-38-21)40-17(2)33)25-23(22(16)28(32,3)4)41-29(5,6)42-25/h14-18,25-27,29-32,40,42H,11-13,19-21H2,1-10H3;8-12,19-21,23-26,34-35,37H,13-15H2,1-7H3/t25-,26-,27+,29+,30-,31+,32-,36+,37-,38+;19-,20-,21+,23+,24-,25+,26-,30+,31-,32+/m00/s1. The monoisotopic (exact) mass is 1290 g/mol. The number of hydrogen-bond acceptors (Lipinski definition) is 20. The minimum absolute atomic E-state index is 0.0218. The molecule has 0 unspecified atom stereocenters. The molecule has 2 aromatic carbocycles. The van der Waals surface area contributed by atoms with E-state index in [1.165, 1.54) is 13.8 Å². The van der Waals surface area contributed by atoms with Crippen molar-refractivity contribution in [1.82, 2.24) is 0 Å². The molecule has 4 heterocycles. The number of fused-ring (bicyclic) bond motifs is 16. The van der Waals surface area contributed by atoms with Gasteiger partial charge in [-0.05, 0) is 106 Å². The summed E-state index contributed by atoms with van der Waals surface area (Å²) in [5, 5.41) is 61.6. The molecule has 21 heteroatoms. The van der Waals surface area contributed by atoms with E-state index < -0.39 is 173 Å². The first-order chi connectivity index (χ1) is 42.4. The maximum absolute atomic E-state index is 14.2. The van der Waals surface area contributed by atoms with Crippen molar-refractivity contribution in [3.63, 3.8) is 0 Å². The number of carbonyl (C=O) groups excluding carboxylic acids is 4. The first-order valence-corrected chi connectivity index (χ1v) is 35.3. The molecule has 8 fully saturated rings. The highest BCUT2D eigenvalue weighted by molar-refractivity contribution is 6.73. The molecule has 4 saturated carbocycles. The summed E-state index contributed by atoms with van der Waals surface area (Å²) in [6.45, 7) is 31.7. The first-order valence-electron chi connectivity index (χ1n) is 32.8. The molecule has 4 aliphatic heterocycles. The Balaban J connectivity index is 0.000000189. The molecule has 10 aliphatic rings. The minimum atomic E-state index is -2.31. The van der Waals surface area contributed by atoms with E-state index in [0.717, 1.165) is 23.7 Å². The van der Waals surface area contributed by atoms with Crippen molar-refractivity contribution >= 4 is 32.2 Å². The molecular weight excluding hydrogens is 1190 g/mol. The molecule has 5 N–H and O–H groups in total. The van der Waals surface area contributed by atoms with Gasteiger partial charge in [0.1, 0.15) is 47.8 Å². The number of benzene rings is 2. The van der Waals surface area contributed by atoms with Crippen LogP contribution in [0.15, 0.2) is 83.0 Å². The zero-order valence-corrected chi connectivity index (χ0v) is 57.1. The van der Waals surface area contributed by atoms with E-state index in [0.29, 0.717) is 28.7 Å². The molecule has 0 aromatic heterocycles. The minimum Gasteiger partial charge on any atom is -0.455 e. The summed E-state index contributed by atoms with van der Waals surface area (Å²) < 4.78 is 72.2. The third-order valence-corrected chi connectivity index (χ3v) is 28.8. The quantitative estimate of drug-likeness (QED) is 0.0612. The van der Waals surface area contributed by atoms with Crippen molar-refractivity contribution < 1.29 is 96.5 Å². The molecule has 4 saturated heterocycles. The van der Waals surface area contributed by atoms with Crippen molar-refractivity contribution in [2.45, 2.75) is 269 Å². The lowest BCUT2D eigenvalue weighted by Crippen LogP contribution is -2.82. The zero-order chi connectivity index (χ0) is 66.6. The molecule has 4 bridgehead atoms. The summed E-state index contributed by atoms with van der Waals surface area (Å²) >= 11 is 0. The highest BCUT2D eigenvalue weighted by Crippen LogP contribution is 2.70. The second-order valence-corrected chi connectivity index (χ2v) is 35.0. The predicted octanol–water partition coefficient (Wildman–Crippen LogP) is 8.37. The maximum atomic E-state index is 14.2. The van der Waals surface area contributed by atoms with E-state index in [9.17, 15) is 44.7 Å². The lowest BCUT2D eigenvalue weighted by molar-refractivity contribution is -0.362. The first kappa shape index (κ1) is 67.9. The molecule has 0 amide bonds. The van der Waals surface area contributed by atoms with Gasteiger partial charge in [-0.2, -0.15) is 0 Å². The number of rotatable bonds is 11. The van der Waals surface area contributed by atoms with Crippen LogP contribution in [0.25, 0.3) is 0 Å². The normalized spacial score (nSPS) is 42.5. The van der Waals surface area contributed by atoms with E-state index >= 15 is 0 Å². The number of aliphatic hydroxyl groups excluding tert-OH is 3. The van der Waals surface area contributed by atoms with Gasteiger partial charge < -0.3 is 77.3 Å². The Kier molecular flexibility index (Phi) is 17.1. The number of esters is 4. The van der Waals surface area contributed by atoms with Crippen molar-refractivity contribution in [2.24, 2.45) is 33.5 Å². The molecule has 0 spiro atoms. The van der Waals surface area contributed by atoms with Gasteiger partial charge in [-0.25, -0.2) is 9.59 Å². The summed E-state index contributed by atoms with van der Waals surface area (Å²) in [6, 6.07) is 19.8. The number of ether oxygens (including phenoxy) is 10. The molecule has 6 aliphatic carbocycles. The van der Waals surface area contributed by atoms with Crippen LogP contribution in [0.5, 0.6) is 0 Å². The van der Waals surface area contributed by atoms with Crippen LogP contribution in [0, 0.1) is 33.5 Å². The predicted molar refractivity (Wildman–Crippen MR) is 332 cm³/mol. The van der Waals surface area contributed by atoms with E-state index in [1.54, 1.807) is 68.4 Å². The van der Waals surface area contributed by atoms with E-state index in [1.807, 2.05) is 68.4 Å². The van der Waals surface area contributed by atoms with Crippen molar-refractivity contribution in [1.29, 1.82) is 0 Å². The molecule has 502 valence electrons. The lowest BCUT2D eigenvalue weighted by atomic mass is 9.44. The van der Waals surface area contributed by atoms with Gasteiger partial charge in [0.2, 0.25) is 0 Å². The van der Waals surface area contributed by atoms with Crippen molar-refractivity contribution in [3.8, 4) is 0 Å². The Bertz CT molecular complexity index is 3220. The van der Waals surface area contributed by atoms with Gasteiger partial charge >= 0.3 is 23.9 Å². The summed E-state index contributed by atoms with van der Waals surface area (Å²) in [7, 11) is -2.31. The summed E-state index contributed by atoms with van der Waals surface area (Å²) in [5.74, 6) is -6.41. The average molecular weight is 1290 g/mol. The van der Waals surface area contributed by atoms with Gasteiger partial charge in [-0.15, -0.1) is 0 Å². The zero-order valence-electron chi connectivity index (χ0n) is 56.1. The molecule has 12 rings (SSSR count). The van der Waals surface area contributed by atoms with Crippen LogP contribution in [0.1, 0.15) is 164 Å². The van der Waals surface area contributed by atoms with Crippen molar-refractivity contribution in [3.05, 3.63) is 94.1 Å². The van der Waals surface area contributed by atoms with Crippen LogP contribution in [0.4, 0.5) is 0 Å². The Morgan fingerprint density at radius 3 is 1.29 bits per heavy atom. The molecule has 20 atom stereocenters. The fourth-order valence-electron chi connectivity index (χ4n) is 19.0. The van der Waals surface area contributed by atoms with Gasteiger partial charge in [0, 0.05) is 61.2 Å². The van der Waals surface area contributed by atoms with Crippen LogP contribution in [-0.4, -0.2) is 178 Å². The van der Waals surface area contributed by atoms with E-state index in [2.05, 4.69) is 27.7 Å². The fraction of sp³-hybridized carbons (Fsp3) is 0.714. The number of aliphatic hydroxyl groups is 5. The molecule has 91 heavy (non-hydrogen) atoms. The van der Waals surface area contributed by atoms with Gasteiger partial charge in [0.25, 0.3) is 0 Å². The summed E-state index contributed by atoms with van der Waals surface area (Å²) in [6.07, 6.45) is -10.3. The SMILES string of the molecule is CC(=O)O[C@@]12CO[C@@H]1C[C@H](O)[C@@]1(C)[C@@H]3OC(C)(C)O[C@@H]3C3=C(C)[C@@H](O)C[C@@](O)([C@@H](OC(=O)c4ccccc4)[C@H]21)C3(C)C.CC[Si](CC)(CC)O[C@H]1C[C@H]2OC[C@@]2(OC(C)=O)[C@H]2[C@H](OC(=O)c3ccccc3)[C@]3(O)C[C@H](O)C(C)=C([C@H]4OC(C)(C)O[C@H]4[C@]12C)C3(C)C. The van der Waals surface area contributed by atoms with Gasteiger partial charge in [0.05, 0.1) is 72.8 Å². The Hall–Kier alpha value is -4.46. The van der Waals surface area contributed by atoms with Gasteiger partial charge in [0.15, 0.2) is 31.1 Å². The topological polar surface area (TPSA) is 271 Å². The van der Waals surface area contributed by atoms with E-state index in [4.69, 9.17) is 51.8 Å². The van der Waals surface area contributed by atoms with Crippen LogP contribution >= 0.6 is 0 Å². The Morgan fingerprint density at radius 1 is 0.549 bits per heavy atom. The lowest BCUT2D eigenvalue weighted by Gasteiger charge is -2.69. The number of carbonyl (C=O) groups is 4. The number of hydrogen-bond donors (Lipinski definition) is 5.